The lowest BCUT2D eigenvalue weighted by atomic mass is 10.0. The number of fused-ring (bicyclic) bond motifs is 2. The SMILES string of the molecule is CC(C)c1ccc(OCC(=O)N2C3C=CCC2CC3)cc1. The van der Waals surface area contributed by atoms with E-state index in [0.29, 0.717) is 18.0 Å². The van der Waals surface area contributed by atoms with Gasteiger partial charge in [-0.2, -0.15) is 0 Å². The highest BCUT2D eigenvalue weighted by Gasteiger charge is 2.36. The Morgan fingerprint density at radius 2 is 2.05 bits per heavy atom. The van der Waals surface area contributed by atoms with Gasteiger partial charge in [-0.3, -0.25) is 4.79 Å². The van der Waals surface area contributed by atoms with Gasteiger partial charge in [0.1, 0.15) is 5.75 Å². The summed E-state index contributed by atoms with van der Waals surface area (Å²) in [5.74, 6) is 1.39. The predicted octanol–water partition coefficient (Wildman–Crippen LogP) is 3.51. The van der Waals surface area contributed by atoms with Gasteiger partial charge in [0.05, 0.1) is 6.04 Å². The third kappa shape index (κ3) is 2.97. The van der Waals surface area contributed by atoms with E-state index in [0.717, 1.165) is 25.0 Å². The average Bonchev–Trinajstić information content (AvgIpc) is 2.74. The van der Waals surface area contributed by atoms with Crippen LogP contribution in [0.1, 0.15) is 44.6 Å². The van der Waals surface area contributed by atoms with Gasteiger partial charge in [0, 0.05) is 6.04 Å². The number of ether oxygens (including phenoxy) is 1. The molecule has 2 unspecified atom stereocenters. The van der Waals surface area contributed by atoms with Crippen molar-refractivity contribution in [3.8, 4) is 5.75 Å². The lowest BCUT2D eigenvalue weighted by Crippen LogP contribution is -2.44. The van der Waals surface area contributed by atoms with Crippen molar-refractivity contribution in [1.82, 2.24) is 4.90 Å². The topological polar surface area (TPSA) is 29.5 Å². The van der Waals surface area contributed by atoms with Gasteiger partial charge in [-0.15, -0.1) is 0 Å². The van der Waals surface area contributed by atoms with Gasteiger partial charge in [0.2, 0.25) is 0 Å². The largest absolute Gasteiger partial charge is 0.484 e. The van der Waals surface area contributed by atoms with E-state index >= 15 is 0 Å². The van der Waals surface area contributed by atoms with E-state index in [4.69, 9.17) is 4.74 Å². The maximum Gasteiger partial charge on any atom is 0.261 e. The molecule has 1 amide bonds. The van der Waals surface area contributed by atoms with Crippen molar-refractivity contribution in [2.75, 3.05) is 6.61 Å². The van der Waals surface area contributed by atoms with E-state index in [-0.39, 0.29) is 12.5 Å². The van der Waals surface area contributed by atoms with Crippen LogP contribution >= 0.6 is 0 Å². The zero-order chi connectivity index (χ0) is 14.8. The molecule has 0 aliphatic carbocycles. The van der Waals surface area contributed by atoms with Crippen molar-refractivity contribution in [2.45, 2.75) is 51.1 Å². The number of amides is 1. The van der Waals surface area contributed by atoms with Crippen molar-refractivity contribution < 1.29 is 9.53 Å². The molecule has 2 bridgehead atoms. The molecule has 0 saturated carbocycles. The molecular formula is C18H23NO2. The first kappa shape index (κ1) is 14.2. The highest BCUT2D eigenvalue weighted by Crippen LogP contribution is 2.31. The van der Waals surface area contributed by atoms with Crippen LogP contribution in [-0.4, -0.2) is 29.5 Å². The van der Waals surface area contributed by atoms with Crippen LogP contribution in [0.5, 0.6) is 5.75 Å². The van der Waals surface area contributed by atoms with Gasteiger partial charge in [-0.1, -0.05) is 38.1 Å². The first-order chi connectivity index (χ1) is 10.1. The molecular weight excluding hydrogens is 262 g/mol. The Labute approximate surface area is 126 Å². The minimum Gasteiger partial charge on any atom is -0.484 e. The Hall–Kier alpha value is -1.77. The summed E-state index contributed by atoms with van der Waals surface area (Å²) in [6, 6.07) is 8.72. The van der Waals surface area contributed by atoms with E-state index < -0.39 is 0 Å². The van der Waals surface area contributed by atoms with Crippen LogP contribution < -0.4 is 4.74 Å². The van der Waals surface area contributed by atoms with Crippen molar-refractivity contribution in [2.24, 2.45) is 0 Å². The highest BCUT2D eigenvalue weighted by molar-refractivity contribution is 5.79. The Kier molecular flexibility index (Phi) is 4.00. The Balaban J connectivity index is 1.57. The molecule has 0 N–H and O–H groups in total. The zero-order valence-corrected chi connectivity index (χ0v) is 12.8. The number of carbonyl (C=O) groups excluding carboxylic acids is 1. The Bertz CT molecular complexity index is 533. The molecule has 1 aromatic carbocycles. The summed E-state index contributed by atoms with van der Waals surface area (Å²) in [6.45, 7) is 4.47. The maximum absolute atomic E-state index is 12.4. The zero-order valence-electron chi connectivity index (χ0n) is 12.8. The summed E-state index contributed by atoms with van der Waals surface area (Å²) in [5.41, 5.74) is 1.29. The van der Waals surface area contributed by atoms with E-state index in [1.54, 1.807) is 0 Å². The first-order valence-electron chi connectivity index (χ1n) is 7.85. The van der Waals surface area contributed by atoms with Gasteiger partial charge in [-0.25, -0.2) is 0 Å². The molecule has 0 radical (unpaired) electrons. The molecule has 0 spiro atoms. The number of hydrogen-bond acceptors (Lipinski definition) is 2. The molecule has 1 aromatic rings. The third-order valence-electron chi connectivity index (χ3n) is 4.51. The summed E-state index contributed by atoms with van der Waals surface area (Å²) in [4.78, 5) is 14.4. The molecule has 1 fully saturated rings. The molecule has 3 rings (SSSR count). The van der Waals surface area contributed by atoms with Crippen LogP contribution in [0.3, 0.4) is 0 Å². The Morgan fingerprint density at radius 1 is 1.29 bits per heavy atom. The van der Waals surface area contributed by atoms with Crippen molar-refractivity contribution >= 4 is 5.91 Å². The number of hydrogen-bond donors (Lipinski definition) is 0. The summed E-state index contributed by atoms with van der Waals surface area (Å²) in [5, 5.41) is 0. The number of rotatable bonds is 4. The number of nitrogens with zero attached hydrogens (tertiary/aromatic N) is 1. The summed E-state index contributed by atoms with van der Waals surface area (Å²) in [7, 11) is 0. The molecule has 3 nitrogen and oxygen atoms in total. The summed E-state index contributed by atoms with van der Waals surface area (Å²) in [6.07, 6.45) is 7.57. The smallest absolute Gasteiger partial charge is 0.261 e. The highest BCUT2D eigenvalue weighted by atomic mass is 16.5. The van der Waals surface area contributed by atoms with Gasteiger partial charge in [-0.05, 0) is 42.9 Å². The second-order valence-corrected chi connectivity index (χ2v) is 6.28. The molecule has 21 heavy (non-hydrogen) atoms. The molecule has 112 valence electrons. The van der Waals surface area contributed by atoms with E-state index in [2.05, 4.69) is 38.1 Å². The molecule has 2 heterocycles. The van der Waals surface area contributed by atoms with E-state index in [1.807, 2.05) is 17.0 Å². The van der Waals surface area contributed by atoms with Gasteiger partial charge < -0.3 is 9.64 Å². The Morgan fingerprint density at radius 3 is 2.71 bits per heavy atom. The third-order valence-corrected chi connectivity index (χ3v) is 4.51. The fraction of sp³-hybridized carbons (Fsp3) is 0.500. The van der Waals surface area contributed by atoms with E-state index in [9.17, 15) is 4.79 Å². The predicted molar refractivity (Wildman–Crippen MR) is 83.4 cm³/mol. The average molecular weight is 285 g/mol. The van der Waals surface area contributed by atoms with Crippen molar-refractivity contribution in [3.05, 3.63) is 42.0 Å². The van der Waals surface area contributed by atoms with Crippen LogP contribution in [-0.2, 0) is 4.79 Å². The first-order valence-corrected chi connectivity index (χ1v) is 7.85. The summed E-state index contributed by atoms with van der Waals surface area (Å²) < 4.78 is 5.66. The standard InChI is InChI=1S/C18H23NO2/c1-13(2)14-6-10-17(11-7-14)21-12-18(20)19-15-4-3-5-16(19)9-8-15/h3-4,6-7,10-11,13,15-16H,5,8-9,12H2,1-2H3. The van der Waals surface area contributed by atoms with Crippen LogP contribution in [0.4, 0.5) is 0 Å². The van der Waals surface area contributed by atoms with Crippen LogP contribution in [0.2, 0.25) is 0 Å². The monoisotopic (exact) mass is 285 g/mol. The minimum absolute atomic E-state index is 0.111. The number of carbonyl (C=O) groups is 1. The second kappa shape index (κ2) is 5.92. The normalized spacial score (nSPS) is 23.7. The quantitative estimate of drug-likeness (QED) is 0.792. The van der Waals surface area contributed by atoms with Crippen LogP contribution in [0.15, 0.2) is 36.4 Å². The molecule has 2 atom stereocenters. The fourth-order valence-corrected chi connectivity index (χ4v) is 3.28. The van der Waals surface area contributed by atoms with Gasteiger partial charge in [0.25, 0.3) is 5.91 Å². The molecule has 2 aliphatic rings. The number of benzene rings is 1. The van der Waals surface area contributed by atoms with Crippen molar-refractivity contribution in [1.29, 1.82) is 0 Å². The molecule has 0 aromatic heterocycles. The maximum atomic E-state index is 12.4. The van der Waals surface area contributed by atoms with Crippen molar-refractivity contribution in [3.63, 3.8) is 0 Å². The van der Waals surface area contributed by atoms with Crippen LogP contribution in [0.25, 0.3) is 0 Å². The van der Waals surface area contributed by atoms with E-state index in [1.165, 1.54) is 5.56 Å². The lowest BCUT2D eigenvalue weighted by Gasteiger charge is -2.31. The van der Waals surface area contributed by atoms with Crippen LogP contribution in [0, 0.1) is 0 Å². The lowest BCUT2D eigenvalue weighted by molar-refractivity contribution is -0.135. The molecule has 2 aliphatic heterocycles. The van der Waals surface area contributed by atoms with Gasteiger partial charge in [0.15, 0.2) is 6.61 Å². The summed E-state index contributed by atoms with van der Waals surface area (Å²) >= 11 is 0. The molecule has 3 heteroatoms. The fourth-order valence-electron chi connectivity index (χ4n) is 3.28. The second-order valence-electron chi connectivity index (χ2n) is 6.28. The minimum atomic E-state index is 0.111. The molecule has 1 saturated heterocycles. The van der Waals surface area contributed by atoms with Gasteiger partial charge >= 0.3 is 0 Å².